The van der Waals surface area contributed by atoms with Gasteiger partial charge in [-0.2, -0.15) is 5.26 Å². The lowest BCUT2D eigenvalue weighted by Gasteiger charge is -2.40. The van der Waals surface area contributed by atoms with Crippen LogP contribution in [0.15, 0.2) is 46.4 Å². The third-order valence-corrected chi connectivity index (χ3v) is 7.04. The van der Waals surface area contributed by atoms with Crippen LogP contribution in [0.5, 0.6) is 0 Å². The molecular formula is C22H21BrN4O3S. The van der Waals surface area contributed by atoms with Gasteiger partial charge >= 0.3 is 6.09 Å². The minimum Gasteiger partial charge on any atom is -0.445 e. The Morgan fingerprint density at radius 2 is 2.23 bits per heavy atom. The Bertz CT molecular complexity index is 1120. The van der Waals surface area contributed by atoms with Gasteiger partial charge in [-0.1, -0.05) is 30.3 Å². The Morgan fingerprint density at radius 3 is 2.97 bits per heavy atom. The SMILES string of the molecule is N#Cc1cnc(NC2CCCN(C(=O)OCc3ccccc3)C2CO)c2cc(Br)sc12. The number of nitriles is 1. The summed E-state index contributed by atoms with van der Waals surface area (Å²) in [6.45, 7) is 0.523. The number of amides is 1. The van der Waals surface area contributed by atoms with E-state index in [0.717, 1.165) is 32.3 Å². The van der Waals surface area contributed by atoms with Crippen LogP contribution in [0.25, 0.3) is 10.1 Å². The molecule has 3 aromatic rings. The van der Waals surface area contributed by atoms with E-state index in [9.17, 15) is 15.2 Å². The molecule has 0 aliphatic carbocycles. The van der Waals surface area contributed by atoms with E-state index in [4.69, 9.17) is 4.74 Å². The summed E-state index contributed by atoms with van der Waals surface area (Å²) in [4.78, 5) is 18.8. The van der Waals surface area contributed by atoms with E-state index >= 15 is 0 Å². The van der Waals surface area contributed by atoms with Gasteiger partial charge in [0.1, 0.15) is 18.5 Å². The molecule has 1 aliphatic heterocycles. The van der Waals surface area contributed by atoms with Crippen molar-refractivity contribution in [3.8, 4) is 6.07 Å². The number of nitrogens with zero attached hydrogens (tertiary/aromatic N) is 3. The zero-order chi connectivity index (χ0) is 21.8. The molecule has 0 bridgehead atoms. The minimum absolute atomic E-state index is 0.188. The van der Waals surface area contributed by atoms with Gasteiger partial charge in [-0.15, -0.1) is 11.3 Å². The second kappa shape index (κ2) is 9.64. The number of benzene rings is 1. The fraction of sp³-hybridized carbons (Fsp3) is 0.318. The van der Waals surface area contributed by atoms with Crippen molar-refractivity contribution in [1.29, 1.82) is 5.26 Å². The number of thiophene rings is 1. The molecule has 2 unspecified atom stereocenters. The van der Waals surface area contributed by atoms with Crippen LogP contribution in [0.2, 0.25) is 0 Å². The standard InChI is InChI=1S/C22H21BrN4O3S/c23-19-9-16-20(31-19)15(10-24)11-25-21(16)26-17-7-4-8-27(18(17)12-28)22(29)30-13-14-5-2-1-3-6-14/h1-3,5-6,9,11,17-18,28H,4,7-8,12-13H2,(H,25,26). The van der Waals surface area contributed by atoms with E-state index in [1.165, 1.54) is 11.3 Å². The molecule has 31 heavy (non-hydrogen) atoms. The molecule has 1 amide bonds. The summed E-state index contributed by atoms with van der Waals surface area (Å²) in [5.41, 5.74) is 1.43. The van der Waals surface area contributed by atoms with Gasteiger partial charge in [0.2, 0.25) is 0 Å². The van der Waals surface area contributed by atoms with Crippen molar-refractivity contribution in [1.82, 2.24) is 9.88 Å². The van der Waals surface area contributed by atoms with Crippen molar-refractivity contribution < 1.29 is 14.6 Å². The van der Waals surface area contributed by atoms with Gasteiger partial charge in [-0.3, -0.25) is 0 Å². The van der Waals surface area contributed by atoms with Crippen molar-refractivity contribution in [2.24, 2.45) is 0 Å². The predicted molar refractivity (Wildman–Crippen MR) is 123 cm³/mol. The van der Waals surface area contributed by atoms with Crippen LogP contribution < -0.4 is 5.32 Å². The zero-order valence-electron chi connectivity index (χ0n) is 16.6. The van der Waals surface area contributed by atoms with Gasteiger partial charge in [0.25, 0.3) is 0 Å². The molecule has 0 radical (unpaired) electrons. The quantitative estimate of drug-likeness (QED) is 0.534. The Balaban J connectivity index is 1.51. The highest BCUT2D eigenvalue weighted by Gasteiger charge is 2.35. The molecule has 1 fully saturated rings. The molecule has 2 atom stereocenters. The number of halogens is 1. The molecule has 9 heteroatoms. The number of carbonyl (C=O) groups is 1. The van der Waals surface area contributed by atoms with Gasteiger partial charge in [0.05, 0.1) is 32.7 Å². The summed E-state index contributed by atoms with van der Waals surface area (Å²) < 4.78 is 7.25. The second-order valence-electron chi connectivity index (χ2n) is 7.30. The second-order valence-corrected chi connectivity index (χ2v) is 9.73. The number of aliphatic hydroxyl groups is 1. The maximum Gasteiger partial charge on any atom is 0.410 e. The first-order valence-corrected chi connectivity index (χ1v) is 11.5. The number of ether oxygens (including phenoxy) is 1. The fourth-order valence-corrected chi connectivity index (χ4v) is 5.40. The van der Waals surface area contributed by atoms with Crippen LogP contribution in [-0.4, -0.2) is 46.3 Å². The van der Waals surface area contributed by atoms with Crippen molar-refractivity contribution in [3.05, 3.63) is 57.5 Å². The number of aliphatic hydroxyl groups excluding tert-OH is 1. The first-order valence-electron chi connectivity index (χ1n) is 9.93. The third kappa shape index (κ3) is 4.66. The highest BCUT2D eigenvalue weighted by molar-refractivity contribution is 9.11. The fourth-order valence-electron chi connectivity index (χ4n) is 3.84. The van der Waals surface area contributed by atoms with Crippen LogP contribution in [0, 0.1) is 11.3 Å². The normalized spacial score (nSPS) is 18.5. The smallest absolute Gasteiger partial charge is 0.410 e. The van der Waals surface area contributed by atoms with E-state index in [0.29, 0.717) is 17.9 Å². The molecule has 1 saturated heterocycles. The largest absolute Gasteiger partial charge is 0.445 e. The summed E-state index contributed by atoms with van der Waals surface area (Å²) in [5.74, 6) is 0.638. The zero-order valence-corrected chi connectivity index (χ0v) is 19.0. The molecule has 3 heterocycles. The molecule has 7 nitrogen and oxygen atoms in total. The lowest BCUT2D eigenvalue weighted by atomic mass is 9.96. The van der Waals surface area contributed by atoms with Crippen LogP contribution in [-0.2, 0) is 11.3 Å². The Hall–Kier alpha value is -2.67. The van der Waals surface area contributed by atoms with Gasteiger partial charge < -0.3 is 20.1 Å². The average molecular weight is 501 g/mol. The maximum absolute atomic E-state index is 12.7. The summed E-state index contributed by atoms with van der Waals surface area (Å²) in [6, 6.07) is 13.0. The van der Waals surface area contributed by atoms with Crippen molar-refractivity contribution in [2.75, 3.05) is 18.5 Å². The van der Waals surface area contributed by atoms with E-state index < -0.39 is 12.1 Å². The lowest BCUT2D eigenvalue weighted by Crippen LogP contribution is -2.55. The molecule has 0 saturated carbocycles. The number of fused-ring (bicyclic) bond motifs is 1. The third-order valence-electron chi connectivity index (χ3n) is 5.37. The number of aromatic nitrogens is 1. The van der Waals surface area contributed by atoms with E-state index in [1.807, 2.05) is 36.4 Å². The molecule has 1 aromatic carbocycles. The average Bonchev–Trinajstić information content (AvgIpc) is 3.20. The Morgan fingerprint density at radius 1 is 1.42 bits per heavy atom. The van der Waals surface area contributed by atoms with Gasteiger partial charge in [0.15, 0.2) is 0 Å². The summed E-state index contributed by atoms with van der Waals surface area (Å²) in [6.07, 6.45) is 2.67. The van der Waals surface area contributed by atoms with Crippen LogP contribution >= 0.6 is 27.3 Å². The first kappa shape index (κ1) is 21.6. The number of rotatable bonds is 5. The number of anilines is 1. The summed E-state index contributed by atoms with van der Waals surface area (Å²) >= 11 is 4.96. The van der Waals surface area contributed by atoms with Crippen LogP contribution in [0.3, 0.4) is 0 Å². The molecule has 2 N–H and O–H groups in total. The van der Waals surface area contributed by atoms with Gasteiger partial charge in [0, 0.05) is 18.1 Å². The highest BCUT2D eigenvalue weighted by atomic mass is 79.9. The number of likely N-dealkylation sites (tertiary alicyclic amines) is 1. The molecule has 1 aliphatic rings. The molecule has 2 aromatic heterocycles. The first-order chi connectivity index (χ1) is 15.1. The highest BCUT2D eigenvalue weighted by Crippen LogP contribution is 2.36. The van der Waals surface area contributed by atoms with Crippen LogP contribution in [0.4, 0.5) is 10.6 Å². The van der Waals surface area contributed by atoms with Crippen molar-refractivity contribution in [3.63, 3.8) is 0 Å². The van der Waals surface area contributed by atoms with Gasteiger partial charge in [-0.25, -0.2) is 9.78 Å². The Kier molecular flexibility index (Phi) is 6.70. The summed E-state index contributed by atoms with van der Waals surface area (Å²) in [5, 5.41) is 23.7. The number of pyridine rings is 1. The van der Waals surface area contributed by atoms with E-state index in [1.54, 1.807) is 11.1 Å². The van der Waals surface area contributed by atoms with Crippen molar-refractivity contribution >= 4 is 49.3 Å². The molecule has 160 valence electrons. The van der Waals surface area contributed by atoms with E-state index in [2.05, 4.69) is 32.3 Å². The molecular weight excluding hydrogens is 480 g/mol. The topological polar surface area (TPSA) is 98.5 Å². The lowest BCUT2D eigenvalue weighted by molar-refractivity contribution is 0.0453. The minimum atomic E-state index is -0.439. The number of nitrogens with one attached hydrogen (secondary N) is 1. The Labute approximate surface area is 192 Å². The number of carbonyl (C=O) groups excluding carboxylic acids is 1. The maximum atomic E-state index is 12.7. The number of hydrogen-bond acceptors (Lipinski definition) is 7. The molecule has 0 spiro atoms. The summed E-state index contributed by atoms with van der Waals surface area (Å²) in [7, 11) is 0. The number of piperidine rings is 1. The number of hydrogen-bond donors (Lipinski definition) is 2. The molecule has 4 rings (SSSR count). The van der Waals surface area contributed by atoms with Crippen molar-refractivity contribution in [2.45, 2.75) is 31.5 Å². The van der Waals surface area contributed by atoms with Gasteiger partial charge in [-0.05, 0) is 40.4 Å². The monoisotopic (exact) mass is 500 g/mol. The van der Waals surface area contributed by atoms with E-state index in [-0.39, 0.29) is 19.3 Å². The predicted octanol–water partition coefficient (Wildman–Crippen LogP) is 4.50. The van der Waals surface area contributed by atoms with Crippen LogP contribution in [0.1, 0.15) is 24.0 Å².